The van der Waals surface area contributed by atoms with E-state index in [-0.39, 0.29) is 11.4 Å². The molecule has 0 saturated carbocycles. The molecule has 1 aromatic rings. The third-order valence-corrected chi connectivity index (χ3v) is 2.28. The van der Waals surface area contributed by atoms with Crippen molar-refractivity contribution in [2.45, 2.75) is 12.8 Å². The fraction of sp³-hybridized carbons (Fsp3) is 0.556. The van der Waals surface area contributed by atoms with Crippen molar-refractivity contribution in [2.24, 2.45) is 5.92 Å². The van der Waals surface area contributed by atoms with Crippen LogP contribution in [0.5, 0.6) is 5.88 Å². The Kier molecular flexibility index (Phi) is 2.49. The lowest BCUT2D eigenvalue weighted by molar-refractivity contribution is 0.185. The lowest BCUT2D eigenvalue weighted by atomic mass is 10.1. The quantitative estimate of drug-likeness (QED) is 0.701. The topological polar surface area (TPSA) is 75.2 Å². The molecule has 2 heterocycles. The fourth-order valence-electron chi connectivity index (χ4n) is 1.61. The predicted molar refractivity (Wildman–Crippen MR) is 49.2 cm³/mol. The highest BCUT2D eigenvalue weighted by atomic mass is 16.5. The minimum atomic E-state index is -0.314. The van der Waals surface area contributed by atoms with E-state index >= 15 is 0 Å². The summed E-state index contributed by atoms with van der Waals surface area (Å²) in [6.07, 6.45) is 1.64. The Bertz CT molecular complexity index is 369. The number of ether oxygens (including phenoxy) is 1. The number of hydrogen-bond acceptors (Lipinski definition) is 4. The predicted octanol–water partition coefficient (Wildman–Crippen LogP) is 0.0545. The maximum atomic E-state index is 11.0. The first kappa shape index (κ1) is 9.21. The van der Waals surface area contributed by atoms with Gasteiger partial charge in [-0.05, 0) is 12.3 Å². The van der Waals surface area contributed by atoms with Gasteiger partial charge in [0.2, 0.25) is 5.88 Å². The molecule has 76 valence electrons. The number of rotatable bonds is 2. The maximum Gasteiger partial charge on any atom is 0.254 e. The van der Waals surface area contributed by atoms with E-state index in [4.69, 9.17) is 9.84 Å². The molecule has 0 amide bonds. The number of nitrogens with zero attached hydrogens (tertiary/aromatic N) is 1. The summed E-state index contributed by atoms with van der Waals surface area (Å²) in [5, 5.41) is 9.11. The van der Waals surface area contributed by atoms with Gasteiger partial charge < -0.3 is 14.8 Å². The zero-order chi connectivity index (χ0) is 9.97. The van der Waals surface area contributed by atoms with Crippen LogP contribution in [0.1, 0.15) is 12.2 Å². The van der Waals surface area contributed by atoms with Crippen LogP contribution in [0.2, 0.25) is 0 Å². The van der Waals surface area contributed by atoms with E-state index in [0.717, 1.165) is 19.1 Å². The molecule has 5 heteroatoms. The van der Waals surface area contributed by atoms with E-state index in [2.05, 4.69) is 9.97 Å². The average molecular weight is 196 g/mol. The first-order valence-electron chi connectivity index (χ1n) is 4.61. The summed E-state index contributed by atoms with van der Waals surface area (Å²) in [7, 11) is 0. The van der Waals surface area contributed by atoms with Gasteiger partial charge >= 0.3 is 0 Å². The van der Waals surface area contributed by atoms with Gasteiger partial charge in [-0.15, -0.1) is 0 Å². The van der Waals surface area contributed by atoms with Crippen LogP contribution in [-0.2, 0) is 11.2 Å². The second kappa shape index (κ2) is 3.79. The van der Waals surface area contributed by atoms with Gasteiger partial charge in [0, 0.05) is 19.6 Å². The molecule has 2 rings (SSSR count). The van der Waals surface area contributed by atoms with Crippen molar-refractivity contribution in [3.8, 4) is 5.88 Å². The smallest absolute Gasteiger partial charge is 0.254 e. The average Bonchev–Trinajstić information content (AvgIpc) is 2.54. The van der Waals surface area contributed by atoms with Crippen LogP contribution >= 0.6 is 0 Å². The van der Waals surface area contributed by atoms with Crippen LogP contribution in [0.3, 0.4) is 0 Å². The molecule has 1 unspecified atom stereocenters. The monoisotopic (exact) mass is 196 g/mol. The number of aromatic nitrogens is 2. The molecular weight excluding hydrogens is 184 g/mol. The summed E-state index contributed by atoms with van der Waals surface area (Å²) in [5.74, 6) is 0.716. The van der Waals surface area contributed by atoms with E-state index in [1.807, 2.05) is 0 Å². The van der Waals surface area contributed by atoms with Gasteiger partial charge in [-0.1, -0.05) is 0 Å². The second-order valence-corrected chi connectivity index (χ2v) is 3.48. The number of aromatic hydroxyl groups is 1. The van der Waals surface area contributed by atoms with E-state index in [1.165, 1.54) is 0 Å². The van der Waals surface area contributed by atoms with Crippen LogP contribution in [0.15, 0.2) is 10.9 Å². The lowest BCUT2D eigenvalue weighted by Crippen LogP contribution is -2.13. The Balaban J connectivity index is 2.11. The van der Waals surface area contributed by atoms with Gasteiger partial charge in [0.25, 0.3) is 5.56 Å². The summed E-state index contributed by atoms with van der Waals surface area (Å²) in [6, 6.07) is 1.06. The molecule has 5 nitrogen and oxygen atoms in total. The minimum absolute atomic E-state index is 0.220. The fourth-order valence-corrected chi connectivity index (χ4v) is 1.61. The minimum Gasteiger partial charge on any atom is -0.493 e. The Morgan fingerprint density at radius 2 is 2.57 bits per heavy atom. The number of nitrogens with one attached hydrogen (secondary N) is 1. The van der Waals surface area contributed by atoms with Gasteiger partial charge in [-0.25, -0.2) is 4.98 Å². The summed E-state index contributed by atoms with van der Waals surface area (Å²) in [4.78, 5) is 17.4. The standard InChI is InChI=1S/C9H12N2O3/c12-8-4-9(13)11-7(10-8)3-6-1-2-14-5-6/h4,6H,1-3,5H2,(H2,10,11,12,13). The van der Waals surface area contributed by atoms with Crippen LogP contribution in [0.4, 0.5) is 0 Å². The molecule has 0 radical (unpaired) electrons. The number of aromatic amines is 1. The van der Waals surface area contributed by atoms with Crippen molar-refractivity contribution in [1.29, 1.82) is 0 Å². The van der Waals surface area contributed by atoms with E-state index in [1.54, 1.807) is 0 Å². The van der Waals surface area contributed by atoms with Crippen LogP contribution < -0.4 is 5.56 Å². The first-order chi connectivity index (χ1) is 6.74. The Labute approximate surface area is 80.8 Å². The van der Waals surface area contributed by atoms with Crippen molar-refractivity contribution >= 4 is 0 Å². The maximum absolute atomic E-state index is 11.0. The number of hydrogen-bond donors (Lipinski definition) is 2. The Hall–Kier alpha value is -1.36. The van der Waals surface area contributed by atoms with Crippen LogP contribution in [0.25, 0.3) is 0 Å². The highest BCUT2D eigenvalue weighted by molar-refractivity contribution is 5.06. The molecule has 0 aromatic carbocycles. The summed E-state index contributed by atoms with van der Waals surface area (Å²) in [5.41, 5.74) is -0.314. The molecular formula is C9H12N2O3. The third kappa shape index (κ3) is 2.11. The summed E-state index contributed by atoms with van der Waals surface area (Å²) >= 11 is 0. The highest BCUT2D eigenvalue weighted by Crippen LogP contribution is 2.16. The molecule has 1 fully saturated rings. The van der Waals surface area contributed by atoms with Gasteiger partial charge in [0.15, 0.2) is 0 Å². The van der Waals surface area contributed by atoms with Crippen molar-refractivity contribution < 1.29 is 9.84 Å². The van der Waals surface area contributed by atoms with E-state index in [9.17, 15) is 4.79 Å². The van der Waals surface area contributed by atoms with Crippen LogP contribution in [-0.4, -0.2) is 28.3 Å². The molecule has 0 aliphatic carbocycles. The van der Waals surface area contributed by atoms with Crippen molar-refractivity contribution in [3.05, 3.63) is 22.2 Å². The van der Waals surface area contributed by atoms with E-state index in [0.29, 0.717) is 24.8 Å². The summed E-state index contributed by atoms with van der Waals surface area (Å²) < 4.78 is 5.21. The zero-order valence-corrected chi connectivity index (χ0v) is 7.69. The molecule has 1 atom stereocenters. The van der Waals surface area contributed by atoms with Crippen molar-refractivity contribution in [1.82, 2.24) is 9.97 Å². The third-order valence-electron chi connectivity index (χ3n) is 2.28. The van der Waals surface area contributed by atoms with Gasteiger partial charge in [-0.2, -0.15) is 0 Å². The van der Waals surface area contributed by atoms with E-state index < -0.39 is 0 Å². The van der Waals surface area contributed by atoms with Gasteiger partial charge in [0.05, 0.1) is 6.07 Å². The van der Waals surface area contributed by atoms with Gasteiger partial charge in [-0.3, -0.25) is 4.79 Å². The molecule has 14 heavy (non-hydrogen) atoms. The van der Waals surface area contributed by atoms with Crippen LogP contribution in [0, 0.1) is 5.92 Å². The highest BCUT2D eigenvalue weighted by Gasteiger charge is 2.17. The largest absolute Gasteiger partial charge is 0.493 e. The van der Waals surface area contributed by atoms with Crippen molar-refractivity contribution in [2.75, 3.05) is 13.2 Å². The molecule has 1 saturated heterocycles. The zero-order valence-electron chi connectivity index (χ0n) is 7.69. The molecule has 1 aliphatic heterocycles. The molecule has 0 spiro atoms. The molecule has 2 N–H and O–H groups in total. The Morgan fingerprint density at radius 3 is 3.21 bits per heavy atom. The Morgan fingerprint density at radius 1 is 1.71 bits per heavy atom. The summed E-state index contributed by atoms with van der Waals surface area (Å²) in [6.45, 7) is 1.48. The molecule has 1 aromatic heterocycles. The SMILES string of the molecule is O=c1cc(O)nc(CC2CCOC2)[nH]1. The first-order valence-corrected chi connectivity index (χ1v) is 4.61. The van der Waals surface area contributed by atoms with Gasteiger partial charge in [0.1, 0.15) is 5.82 Å². The molecule has 1 aliphatic rings. The van der Waals surface area contributed by atoms with Crippen molar-refractivity contribution in [3.63, 3.8) is 0 Å². The lowest BCUT2D eigenvalue weighted by Gasteiger charge is -2.05. The second-order valence-electron chi connectivity index (χ2n) is 3.48. The normalized spacial score (nSPS) is 21.3. The number of H-pyrrole nitrogens is 1. The molecule has 0 bridgehead atoms.